The van der Waals surface area contributed by atoms with E-state index in [1.165, 1.54) is 49.6 Å². The molecule has 150 valence electrons. The highest BCUT2D eigenvalue weighted by Crippen LogP contribution is 2.24. The van der Waals surface area contributed by atoms with Crippen LogP contribution in [-0.2, 0) is 21.3 Å². The Morgan fingerprint density at radius 1 is 1.18 bits per heavy atom. The van der Waals surface area contributed by atoms with Gasteiger partial charge in [-0.25, -0.2) is 17.5 Å². The molecule has 7 nitrogen and oxygen atoms in total. The minimum Gasteiger partial charge on any atom is -0.496 e. The predicted octanol–water partition coefficient (Wildman–Crippen LogP) is 1.79. The molecule has 9 heteroatoms. The van der Waals surface area contributed by atoms with Gasteiger partial charge in [0.05, 0.1) is 30.8 Å². The van der Waals surface area contributed by atoms with Crippen LogP contribution < -0.4 is 9.46 Å². The molecule has 1 amide bonds. The number of sulfonamides is 1. The molecule has 0 unspecified atom stereocenters. The highest BCUT2D eigenvalue weighted by molar-refractivity contribution is 7.89. The van der Waals surface area contributed by atoms with Crippen molar-refractivity contribution in [2.75, 3.05) is 33.4 Å². The second-order valence-corrected chi connectivity index (χ2v) is 7.98. The van der Waals surface area contributed by atoms with E-state index in [-0.39, 0.29) is 22.9 Å². The van der Waals surface area contributed by atoms with Gasteiger partial charge < -0.3 is 14.4 Å². The third-order valence-corrected chi connectivity index (χ3v) is 5.79. The van der Waals surface area contributed by atoms with E-state index in [0.29, 0.717) is 37.6 Å². The van der Waals surface area contributed by atoms with Gasteiger partial charge in [0.15, 0.2) is 0 Å². The highest BCUT2D eigenvalue weighted by atomic mass is 32.2. The van der Waals surface area contributed by atoms with Crippen molar-refractivity contribution in [3.63, 3.8) is 0 Å². The Labute approximate surface area is 163 Å². The molecular weight excluding hydrogens is 387 g/mol. The summed E-state index contributed by atoms with van der Waals surface area (Å²) in [6.45, 7) is 1.74. The van der Waals surface area contributed by atoms with Crippen LogP contribution in [0.25, 0.3) is 0 Å². The van der Waals surface area contributed by atoms with E-state index in [0.717, 1.165) is 0 Å². The number of hydrogen-bond acceptors (Lipinski definition) is 5. The van der Waals surface area contributed by atoms with Crippen LogP contribution in [0.1, 0.15) is 15.9 Å². The number of halogens is 1. The lowest BCUT2D eigenvalue weighted by Gasteiger charge is -2.27. The van der Waals surface area contributed by atoms with Crippen LogP contribution in [0.2, 0.25) is 0 Å². The zero-order valence-electron chi connectivity index (χ0n) is 15.4. The van der Waals surface area contributed by atoms with Crippen LogP contribution in [0.4, 0.5) is 4.39 Å². The lowest BCUT2D eigenvalue weighted by Crippen LogP contribution is -2.40. The Balaban J connectivity index is 1.82. The Morgan fingerprint density at radius 3 is 2.50 bits per heavy atom. The average Bonchev–Trinajstić information content (AvgIpc) is 2.73. The average molecular weight is 408 g/mol. The second-order valence-electron chi connectivity index (χ2n) is 6.22. The fourth-order valence-corrected chi connectivity index (χ4v) is 3.87. The standard InChI is InChI=1S/C19H21FN2O5S/c1-26-18-7-6-16(12-17(18)19(23)22-8-10-27-11-9-22)28(24,25)21-13-14-2-4-15(20)5-3-14/h2-7,12,21H,8-11,13H2,1H3. The van der Waals surface area contributed by atoms with Crippen molar-refractivity contribution in [3.05, 3.63) is 59.4 Å². The van der Waals surface area contributed by atoms with Gasteiger partial charge in [0, 0.05) is 19.6 Å². The largest absolute Gasteiger partial charge is 0.496 e. The van der Waals surface area contributed by atoms with Gasteiger partial charge in [-0.05, 0) is 35.9 Å². The summed E-state index contributed by atoms with van der Waals surface area (Å²) in [5.41, 5.74) is 0.789. The molecule has 0 bridgehead atoms. The molecule has 1 aliphatic heterocycles. The molecule has 0 radical (unpaired) electrons. The van der Waals surface area contributed by atoms with Crippen LogP contribution in [0.15, 0.2) is 47.4 Å². The quantitative estimate of drug-likeness (QED) is 0.788. The molecule has 1 saturated heterocycles. The number of rotatable bonds is 6. The molecule has 2 aromatic rings. The fraction of sp³-hybridized carbons (Fsp3) is 0.316. The molecular formula is C19H21FN2O5S. The van der Waals surface area contributed by atoms with Gasteiger partial charge in [0.25, 0.3) is 5.91 Å². The van der Waals surface area contributed by atoms with Crippen LogP contribution in [-0.4, -0.2) is 52.6 Å². The van der Waals surface area contributed by atoms with Crippen molar-refractivity contribution >= 4 is 15.9 Å². The van der Waals surface area contributed by atoms with Crippen LogP contribution in [0.3, 0.4) is 0 Å². The first kappa shape index (κ1) is 20.2. The number of ether oxygens (including phenoxy) is 2. The number of amides is 1. The van der Waals surface area contributed by atoms with Gasteiger partial charge in [-0.3, -0.25) is 4.79 Å². The number of hydrogen-bond donors (Lipinski definition) is 1. The Kier molecular flexibility index (Phi) is 6.28. The van der Waals surface area contributed by atoms with Crippen molar-refractivity contribution in [1.29, 1.82) is 0 Å². The first-order chi connectivity index (χ1) is 13.4. The monoisotopic (exact) mass is 408 g/mol. The van der Waals surface area contributed by atoms with Gasteiger partial charge in [0.2, 0.25) is 10.0 Å². The molecule has 3 rings (SSSR count). The summed E-state index contributed by atoms with van der Waals surface area (Å²) in [6.07, 6.45) is 0. The van der Waals surface area contributed by atoms with Crippen LogP contribution in [0.5, 0.6) is 5.75 Å². The van der Waals surface area contributed by atoms with Crippen molar-refractivity contribution < 1.29 is 27.1 Å². The number of carbonyl (C=O) groups is 1. The number of carbonyl (C=O) groups excluding carboxylic acids is 1. The van der Waals surface area contributed by atoms with Gasteiger partial charge in [-0.15, -0.1) is 0 Å². The summed E-state index contributed by atoms with van der Waals surface area (Å²) in [5.74, 6) is -0.405. The van der Waals surface area contributed by atoms with Crippen LogP contribution in [0, 0.1) is 5.82 Å². The smallest absolute Gasteiger partial charge is 0.257 e. The van der Waals surface area contributed by atoms with E-state index in [1.54, 1.807) is 4.90 Å². The van der Waals surface area contributed by atoms with Gasteiger partial charge >= 0.3 is 0 Å². The zero-order valence-corrected chi connectivity index (χ0v) is 16.2. The van der Waals surface area contributed by atoms with Crippen molar-refractivity contribution in [3.8, 4) is 5.75 Å². The number of benzene rings is 2. The molecule has 28 heavy (non-hydrogen) atoms. The minimum atomic E-state index is -3.88. The number of nitrogens with one attached hydrogen (secondary N) is 1. The van der Waals surface area contributed by atoms with E-state index in [9.17, 15) is 17.6 Å². The maximum atomic E-state index is 13.0. The van der Waals surface area contributed by atoms with Crippen molar-refractivity contribution in [1.82, 2.24) is 9.62 Å². The van der Waals surface area contributed by atoms with E-state index >= 15 is 0 Å². The number of morpholine rings is 1. The molecule has 1 N–H and O–H groups in total. The second kappa shape index (κ2) is 8.68. The molecule has 0 spiro atoms. The van der Waals surface area contributed by atoms with Crippen molar-refractivity contribution in [2.45, 2.75) is 11.4 Å². The summed E-state index contributed by atoms with van der Waals surface area (Å²) in [7, 11) is -2.45. The molecule has 0 atom stereocenters. The fourth-order valence-electron chi connectivity index (χ4n) is 2.82. The predicted molar refractivity (Wildman–Crippen MR) is 100 cm³/mol. The summed E-state index contributed by atoms with van der Waals surface area (Å²) in [6, 6.07) is 9.66. The minimum absolute atomic E-state index is 0.00138. The summed E-state index contributed by atoms with van der Waals surface area (Å²) in [5, 5.41) is 0. The van der Waals surface area contributed by atoms with Crippen molar-refractivity contribution in [2.24, 2.45) is 0 Å². The maximum absolute atomic E-state index is 13.0. The Bertz CT molecular complexity index is 941. The maximum Gasteiger partial charge on any atom is 0.257 e. The van der Waals surface area contributed by atoms with E-state index in [4.69, 9.17) is 9.47 Å². The van der Waals surface area contributed by atoms with Gasteiger partial charge in [0.1, 0.15) is 11.6 Å². The Morgan fingerprint density at radius 2 is 1.86 bits per heavy atom. The number of methoxy groups -OCH3 is 1. The topological polar surface area (TPSA) is 84.9 Å². The molecule has 0 saturated carbocycles. The van der Waals surface area contributed by atoms with Crippen LogP contribution >= 0.6 is 0 Å². The molecule has 0 aromatic heterocycles. The molecule has 1 aliphatic rings. The molecule has 0 aliphatic carbocycles. The third kappa shape index (κ3) is 4.67. The summed E-state index contributed by atoms with van der Waals surface area (Å²) >= 11 is 0. The lowest BCUT2D eigenvalue weighted by molar-refractivity contribution is 0.0300. The molecule has 2 aromatic carbocycles. The summed E-state index contributed by atoms with van der Waals surface area (Å²) < 4.78 is 51.2. The van der Waals surface area contributed by atoms with Gasteiger partial charge in [-0.1, -0.05) is 12.1 Å². The van der Waals surface area contributed by atoms with E-state index in [2.05, 4.69) is 4.72 Å². The Hall–Kier alpha value is -2.49. The third-order valence-electron chi connectivity index (χ3n) is 4.39. The first-order valence-corrected chi connectivity index (χ1v) is 10.2. The van der Waals surface area contributed by atoms with E-state index in [1.807, 2.05) is 0 Å². The first-order valence-electron chi connectivity index (χ1n) is 8.70. The molecule has 1 heterocycles. The van der Waals surface area contributed by atoms with Gasteiger partial charge in [-0.2, -0.15) is 0 Å². The lowest BCUT2D eigenvalue weighted by atomic mass is 10.1. The summed E-state index contributed by atoms with van der Waals surface area (Å²) in [4.78, 5) is 14.4. The molecule has 1 fully saturated rings. The van der Waals surface area contributed by atoms with E-state index < -0.39 is 15.8 Å². The zero-order chi connectivity index (χ0) is 20.1. The number of nitrogens with zero attached hydrogens (tertiary/aromatic N) is 1. The normalized spacial score (nSPS) is 14.7. The SMILES string of the molecule is COc1ccc(S(=O)(=O)NCc2ccc(F)cc2)cc1C(=O)N1CCOCC1. The highest BCUT2D eigenvalue weighted by Gasteiger charge is 2.24.